The average Bonchev–Trinajstić information content (AvgIpc) is 3.04. The summed E-state index contributed by atoms with van der Waals surface area (Å²) < 4.78 is 7.05. The lowest BCUT2D eigenvalue weighted by atomic mass is 10.0. The van der Waals surface area contributed by atoms with Crippen molar-refractivity contribution in [1.82, 2.24) is 9.55 Å². The Bertz CT molecular complexity index is 1110. The molecule has 0 radical (unpaired) electrons. The molecule has 2 heterocycles. The number of fused-ring (bicyclic) bond motifs is 1. The Morgan fingerprint density at radius 1 is 1.00 bits per heavy atom. The van der Waals surface area contributed by atoms with E-state index in [4.69, 9.17) is 4.74 Å². The summed E-state index contributed by atoms with van der Waals surface area (Å²) in [5, 5.41) is 12.7. The fourth-order valence-electron chi connectivity index (χ4n) is 3.63. The highest BCUT2D eigenvalue weighted by molar-refractivity contribution is 5.94. The molecule has 28 heavy (non-hydrogen) atoms. The molecule has 0 atom stereocenters. The predicted molar refractivity (Wildman–Crippen MR) is 113 cm³/mol. The molecule has 2 aromatic carbocycles. The second-order valence-corrected chi connectivity index (χ2v) is 7.10. The van der Waals surface area contributed by atoms with E-state index in [9.17, 15) is 5.11 Å². The van der Waals surface area contributed by atoms with Gasteiger partial charge in [0.2, 0.25) is 5.88 Å². The fraction of sp³-hybridized carbons (Fsp3) is 0.208. The molecule has 0 unspecified atom stereocenters. The monoisotopic (exact) mass is 372 g/mol. The summed E-state index contributed by atoms with van der Waals surface area (Å²) in [6.07, 6.45) is 4.86. The Kier molecular flexibility index (Phi) is 4.78. The number of methoxy groups -OCH3 is 1. The zero-order valence-corrected chi connectivity index (χ0v) is 16.4. The van der Waals surface area contributed by atoms with E-state index in [1.54, 1.807) is 7.11 Å². The van der Waals surface area contributed by atoms with Crippen LogP contribution in [0.1, 0.15) is 23.6 Å². The molecule has 0 bridgehead atoms. The lowest BCUT2D eigenvalue weighted by Gasteiger charge is -2.07. The van der Waals surface area contributed by atoms with Gasteiger partial charge in [0.15, 0.2) is 5.88 Å². The Hall–Kier alpha value is -3.27. The highest BCUT2D eigenvalue weighted by Crippen LogP contribution is 2.35. The number of aromatic hydroxyl groups is 1. The Labute approximate surface area is 165 Å². The Morgan fingerprint density at radius 2 is 1.75 bits per heavy atom. The molecule has 0 aliphatic heterocycles. The van der Waals surface area contributed by atoms with Crippen LogP contribution in [-0.2, 0) is 13.0 Å². The van der Waals surface area contributed by atoms with Gasteiger partial charge >= 0.3 is 0 Å². The lowest BCUT2D eigenvalue weighted by Crippen LogP contribution is -1.97. The molecular formula is C24H24N2O2. The molecule has 0 saturated carbocycles. The second-order valence-electron chi connectivity index (χ2n) is 7.10. The van der Waals surface area contributed by atoms with Crippen molar-refractivity contribution in [3.63, 3.8) is 0 Å². The SMILES string of the molecule is CCc1ccc(Cn2cc3cc(-c4ccc(OC)nc4)cc(C)c3c2O)cc1. The number of aryl methyl sites for hydroxylation is 2. The van der Waals surface area contributed by atoms with Crippen molar-refractivity contribution >= 4 is 10.8 Å². The van der Waals surface area contributed by atoms with Crippen LogP contribution in [-0.4, -0.2) is 21.8 Å². The summed E-state index contributed by atoms with van der Waals surface area (Å²) in [6, 6.07) is 16.6. The van der Waals surface area contributed by atoms with Crippen molar-refractivity contribution in [2.24, 2.45) is 0 Å². The van der Waals surface area contributed by atoms with E-state index in [1.165, 1.54) is 11.1 Å². The minimum Gasteiger partial charge on any atom is -0.494 e. The van der Waals surface area contributed by atoms with Gasteiger partial charge in [0.1, 0.15) is 0 Å². The molecule has 0 aliphatic carbocycles. The molecular weight excluding hydrogens is 348 g/mol. The molecule has 0 saturated heterocycles. The second kappa shape index (κ2) is 7.39. The molecule has 4 heteroatoms. The van der Waals surface area contributed by atoms with Crippen LogP contribution in [0.4, 0.5) is 0 Å². The predicted octanol–water partition coefficient (Wildman–Crippen LogP) is 5.34. The maximum Gasteiger partial charge on any atom is 0.212 e. The Morgan fingerprint density at radius 3 is 2.39 bits per heavy atom. The quantitative estimate of drug-likeness (QED) is 0.515. The van der Waals surface area contributed by atoms with Crippen LogP contribution in [0.2, 0.25) is 0 Å². The van der Waals surface area contributed by atoms with Gasteiger partial charge in [-0.05, 0) is 47.7 Å². The van der Waals surface area contributed by atoms with Crippen molar-refractivity contribution in [3.05, 3.63) is 77.6 Å². The van der Waals surface area contributed by atoms with Gasteiger partial charge in [-0.3, -0.25) is 0 Å². The maximum absolute atomic E-state index is 10.8. The van der Waals surface area contributed by atoms with Gasteiger partial charge in [-0.2, -0.15) is 0 Å². The van der Waals surface area contributed by atoms with E-state index in [2.05, 4.69) is 48.3 Å². The molecule has 1 N–H and O–H groups in total. The smallest absolute Gasteiger partial charge is 0.212 e. The standard InChI is InChI=1S/C24H24N2O2/c1-4-17-5-7-18(8-6-17)14-26-15-21-12-20(11-16(2)23(21)24(26)27)19-9-10-22(28-3)25-13-19/h5-13,15,27H,4,14H2,1-3H3. The number of hydrogen-bond donors (Lipinski definition) is 1. The maximum atomic E-state index is 10.8. The first-order valence-corrected chi connectivity index (χ1v) is 9.49. The summed E-state index contributed by atoms with van der Waals surface area (Å²) in [6.45, 7) is 4.82. The zero-order valence-electron chi connectivity index (χ0n) is 16.4. The van der Waals surface area contributed by atoms with E-state index < -0.39 is 0 Å². The van der Waals surface area contributed by atoms with Gasteiger partial charge in [0, 0.05) is 34.8 Å². The van der Waals surface area contributed by atoms with Crippen molar-refractivity contribution in [3.8, 4) is 22.9 Å². The minimum atomic E-state index is 0.312. The van der Waals surface area contributed by atoms with Gasteiger partial charge < -0.3 is 14.4 Å². The van der Waals surface area contributed by atoms with Crippen LogP contribution in [0.5, 0.6) is 11.8 Å². The molecule has 0 spiro atoms. The fourth-order valence-corrected chi connectivity index (χ4v) is 3.63. The third kappa shape index (κ3) is 3.33. The van der Waals surface area contributed by atoms with Crippen molar-refractivity contribution in [1.29, 1.82) is 0 Å². The van der Waals surface area contributed by atoms with E-state index >= 15 is 0 Å². The normalized spacial score (nSPS) is 11.1. The van der Waals surface area contributed by atoms with Gasteiger partial charge in [-0.1, -0.05) is 37.3 Å². The van der Waals surface area contributed by atoms with Gasteiger partial charge in [0.05, 0.1) is 13.7 Å². The summed E-state index contributed by atoms with van der Waals surface area (Å²) in [5.74, 6) is 0.908. The van der Waals surface area contributed by atoms with E-state index in [-0.39, 0.29) is 0 Å². The topological polar surface area (TPSA) is 47.3 Å². The minimum absolute atomic E-state index is 0.312. The van der Waals surface area contributed by atoms with Crippen molar-refractivity contribution < 1.29 is 9.84 Å². The number of aromatic nitrogens is 2. The summed E-state index contributed by atoms with van der Waals surface area (Å²) in [4.78, 5) is 4.30. The molecule has 142 valence electrons. The number of hydrogen-bond acceptors (Lipinski definition) is 3. The van der Waals surface area contributed by atoms with Gasteiger partial charge in [-0.15, -0.1) is 0 Å². The van der Waals surface area contributed by atoms with Crippen LogP contribution in [0.15, 0.2) is 60.9 Å². The molecule has 0 fully saturated rings. The lowest BCUT2D eigenvalue weighted by molar-refractivity contribution is 0.398. The van der Waals surface area contributed by atoms with Crippen molar-refractivity contribution in [2.45, 2.75) is 26.8 Å². The first-order chi connectivity index (χ1) is 13.6. The van der Waals surface area contributed by atoms with Crippen LogP contribution < -0.4 is 4.74 Å². The molecule has 4 rings (SSSR count). The highest BCUT2D eigenvalue weighted by atomic mass is 16.5. The summed E-state index contributed by atoms with van der Waals surface area (Å²) >= 11 is 0. The number of nitrogens with zero attached hydrogens (tertiary/aromatic N) is 2. The van der Waals surface area contributed by atoms with Gasteiger partial charge in [0.25, 0.3) is 0 Å². The largest absolute Gasteiger partial charge is 0.494 e. The molecule has 2 aromatic heterocycles. The molecule has 0 amide bonds. The highest BCUT2D eigenvalue weighted by Gasteiger charge is 2.13. The number of ether oxygens (including phenoxy) is 1. The van der Waals surface area contributed by atoms with Crippen LogP contribution in [0, 0.1) is 6.92 Å². The van der Waals surface area contributed by atoms with Crippen LogP contribution in [0.25, 0.3) is 21.9 Å². The van der Waals surface area contributed by atoms with Gasteiger partial charge in [-0.25, -0.2) is 4.98 Å². The molecule has 0 aliphatic rings. The Balaban J connectivity index is 1.71. The number of rotatable bonds is 5. The zero-order chi connectivity index (χ0) is 19.7. The first kappa shape index (κ1) is 18.1. The number of pyridine rings is 1. The first-order valence-electron chi connectivity index (χ1n) is 9.49. The average molecular weight is 372 g/mol. The van der Waals surface area contributed by atoms with E-state index in [0.717, 1.165) is 33.9 Å². The van der Waals surface area contributed by atoms with Crippen molar-refractivity contribution in [2.75, 3.05) is 7.11 Å². The van der Waals surface area contributed by atoms with Crippen LogP contribution >= 0.6 is 0 Å². The molecule has 4 nitrogen and oxygen atoms in total. The summed E-state index contributed by atoms with van der Waals surface area (Å²) in [5.41, 5.74) is 5.63. The van der Waals surface area contributed by atoms with E-state index in [1.807, 2.05) is 36.0 Å². The third-order valence-corrected chi connectivity index (χ3v) is 5.22. The van der Waals surface area contributed by atoms with Crippen LogP contribution in [0.3, 0.4) is 0 Å². The van der Waals surface area contributed by atoms with E-state index in [0.29, 0.717) is 18.3 Å². The third-order valence-electron chi connectivity index (χ3n) is 5.22. The molecule has 4 aromatic rings. The summed E-state index contributed by atoms with van der Waals surface area (Å²) in [7, 11) is 1.61. The number of benzene rings is 2.